The van der Waals surface area contributed by atoms with Crippen LogP contribution in [0.4, 0.5) is 0 Å². The van der Waals surface area contributed by atoms with Crippen LogP contribution < -0.4 is 11.1 Å². The molecule has 0 aromatic rings. The third-order valence-corrected chi connectivity index (χ3v) is 3.26. The zero-order valence-electron chi connectivity index (χ0n) is 12.0. The Hall–Kier alpha value is -0.570. The van der Waals surface area contributed by atoms with Crippen molar-refractivity contribution in [1.82, 2.24) is 5.32 Å². The van der Waals surface area contributed by atoms with Crippen LogP contribution in [-0.2, 0) is 4.79 Å². The first-order valence-corrected chi connectivity index (χ1v) is 7.07. The number of rotatable bonds is 9. The molecule has 0 aliphatic rings. The first kappa shape index (κ1) is 16.4. The molecule has 0 saturated heterocycles. The van der Waals surface area contributed by atoms with E-state index >= 15 is 0 Å². The van der Waals surface area contributed by atoms with Gasteiger partial charge in [-0.1, -0.05) is 40.5 Å². The van der Waals surface area contributed by atoms with Crippen molar-refractivity contribution < 1.29 is 4.79 Å². The van der Waals surface area contributed by atoms with Crippen LogP contribution in [0.15, 0.2) is 0 Å². The minimum atomic E-state index is 0.184. The predicted molar refractivity (Wildman–Crippen MR) is 73.7 cm³/mol. The Labute approximate surface area is 107 Å². The lowest BCUT2D eigenvalue weighted by Gasteiger charge is -2.25. The van der Waals surface area contributed by atoms with Gasteiger partial charge in [0.25, 0.3) is 0 Å². The van der Waals surface area contributed by atoms with Gasteiger partial charge in [-0.3, -0.25) is 4.79 Å². The predicted octanol–water partition coefficient (Wildman–Crippen LogP) is 2.69. The third kappa shape index (κ3) is 6.67. The summed E-state index contributed by atoms with van der Waals surface area (Å²) in [6.07, 6.45) is 5.00. The van der Waals surface area contributed by atoms with E-state index in [2.05, 4.69) is 33.0 Å². The molecule has 0 heterocycles. The molecule has 0 aliphatic carbocycles. The second-order valence-electron chi connectivity index (χ2n) is 5.21. The molecule has 1 atom stereocenters. The summed E-state index contributed by atoms with van der Waals surface area (Å²) >= 11 is 0. The van der Waals surface area contributed by atoms with Crippen LogP contribution in [0.3, 0.4) is 0 Å². The molecule has 0 aromatic heterocycles. The van der Waals surface area contributed by atoms with Crippen LogP contribution in [-0.4, -0.2) is 18.5 Å². The maximum Gasteiger partial charge on any atom is 0.223 e. The highest BCUT2D eigenvalue weighted by molar-refractivity contribution is 5.78. The van der Waals surface area contributed by atoms with Crippen molar-refractivity contribution in [2.75, 3.05) is 6.54 Å². The van der Waals surface area contributed by atoms with Crippen LogP contribution in [0.5, 0.6) is 0 Å². The monoisotopic (exact) mass is 242 g/mol. The highest BCUT2D eigenvalue weighted by Crippen LogP contribution is 2.15. The van der Waals surface area contributed by atoms with Crippen LogP contribution in [0.2, 0.25) is 0 Å². The lowest BCUT2D eigenvalue weighted by Crippen LogP contribution is -2.42. The number of nitrogens with one attached hydrogen (secondary N) is 1. The fourth-order valence-electron chi connectivity index (χ4n) is 2.16. The Balaban J connectivity index is 4.33. The van der Waals surface area contributed by atoms with E-state index in [1.165, 1.54) is 0 Å². The maximum atomic E-state index is 12.2. The highest BCUT2D eigenvalue weighted by Gasteiger charge is 2.21. The zero-order chi connectivity index (χ0) is 13.3. The first-order valence-electron chi connectivity index (χ1n) is 7.07. The fraction of sp³-hybridized carbons (Fsp3) is 0.929. The van der Waals surface area contributed by atoms with Crippen molar-refractivity contribution in [3.8, 4) is 0 Å². The van der Waals surface area contributed by atoms with Gasteiger partial charge in [0.05, 0.1) is 0 Å². The molecule has 0 aliphatic heterocycles. The summed E-state index contributed by atoms with van der Waals surface area (Å²) in [4.78, 5) is 12.2. The van der Waals surface area contributed by atoms with Gasteiger partial charge in [0.15, 0.2) is 0 Å². The van der Waals surface area contributed by atoms with Gasteiger partial charge in [-0.25, -0.2) is 0 Å². The molecule has 3 nitrogen and oxygen atoms in total. The summed E-state index contributed by atoms with van der Waals surface area (Å²) in [6, 6.07) is 0.226. The third-order valence-electron chi connectivity index (χ3n) is 3.26. The molecule has 0 saturated carbocycles. The van der Waals surface area contributed by atoms with E-state index in [1.807, 2.05) is 0 Å². The molecule has 17 heavy (non-hydrogen) atoms. The van der Waals surface area contributed by atoms with Gasteiger partial charge in [-0.2, -0.15) is 0 Å². The topological polar surface area (TPSA) is 55.1 Å². The quantitative estimate of drug-likeness (QED) is 0.653. The average Bonchev–Trinajstić information content (AvgIpc) is 2.28. The summed E-state index contributed by atoms with van der Waals surface area (Å²) in [5.41, 5.74) is 5.59. The molecule has 0 radical (unpaired) electrons. The van der Waals surface area contributed by atoms with Crippen molar-refractivity contribution in [2.24, 2.45) is 17.6 Å². The Bertz CT molecular complexity index is 198. The number of nitrogens with two attached hydrogens (primary N) is 1. The zero-order valence-corrected chi connectivity index (χ0v) is 12.0. The lowest BCUT2D eigenvalue weighted by atomic mass is 9.95. The van der Waals surface area contributed by atoms with Crippen LogP contribution in [0.25, 0.3) is 0 Å². The van der Waals surface area contributed by atoms with E-state index in [0.717, 1.165) is 32.1 Å². The van der Waals surface area contributed by atoms with Gasteiger partial charge in [0, 0.05) is 12.0 Å². The highest BCUT2D eigenvalue weighted by atomic mass is 16.1. The second-order valence-corrected chi connectivity index (χ2v) is 5.21. The molecule has 0 rings (SSSR count). The number of carbonyl (C=O) groups excluding carboxylic acids is 1. The maximum absolute atomic E-state index is 12.2. The van der Waals surface area contributed by atoms with Crippen molar-refractivity contribution in [2.45, 2.75) is 65.8 Å². The van der Waals surface area contributed by atoms with Gasteiger partial charge in [-0.05, 0) is 31.7 Å². The summed E-state index contributed by atoms with van der Waals surface area (Å²) in [5, 5.41) is 3.17. The SMILES string of the molecule is CCCC(CCC)C(=O)NC(CCN)C(C)C. The number of hydrogen-bond acceptors (Lipinski definition) is 2. The van der Waals surface area contributed by atoms with Gasteiger partial charge in [0.2, 0.25) is 5.91 Å². The molecule has 3 N–H and O–H groups in total. The van der Waals surface area contributed by atoms with E-state index in [9.17, 15) is 4.79 Å². The molecular formula is C14H30N2O. The summed E-state index contributed by atoms with van der Waals surface area (Å²) in [7, 11) is 0. The number of hydrogen-bond donors (Lipinski definition) is 2. The summed E-state index contributed by atoms with van der Waals surface area (Å²) in [5.74, 6) is 0.858. The van der Waals surface area contributed by atoms with E-state index in [-0.39, 0.29) is 17.9 Å². The standard InChI is InChI=1S/C14H30N2O/c1-5-7-12(8-6-2)14(17)16-13(9-10-15)11(3)4/h11-13H,5-10,15H2,1-4H3,(H,16,17). The first-order chi connectivity index (χ1) is 8.06. The molecule has 0 bridgehead atoms. The number of carbonyl (C=O) groups is 1. The molecule has 1 amide bonds. The van der Waals surface area contributed by atoms with Crippen molar-refractivity contribution in [3.05, 3.63) is 0 Å². The van der Waals surface area contributed by atoms with Gasteiger partial charge < -0.3 is 11.1 Å². The van der Waals surface area contributed by atoms with E-state index in [1.54, 1.807) is 0 Å². The minimum Gasteiger partial charge on any atom is -0.353 e. The smallest absolute Gasteiger partial charge is 0.223 e. The molecule has 102 valence electrons. The Kier molecular flexibility index (Phi) is 9.14. The fourth-order valence-corrected chi connectivity index (χ4v) is 2.16. The summed E-state index contributed by atoms with van der Waals surface area (Å²) < 4.78 is 0. The lowest BCUT2D eigenvalue weighted by molar-refractivity contribution is -0.126. The molecule has 3 heteroatoms. The number of amides is 1. The van der Waals surface area contributed by atoms with Crippen LogP contribution >= 0.6 is 0 Å². The molecule has 0 aromatic carbocycles. The van der Waals surface area contributed by atoms with Crippen molar-refractivity contribution >= 4 is 5.91 Å². The van der Waals surface area contributed by atoms with Gasteiger partial charge >= 0.3 is 0 Å². The van der Waals surface area contributed by atoms with Crippen LogP contribution in [0, 0.1) is 11.8 Å². The van der Waals surface area contributed by atoms with Crippen LogP contribution in [0.1, 0.15) is 59.8 Å². The molecule has 0 spiro atoms. The summed E-state index contributed by atoms with van der Waals surface area (Å²) in [6.45, 7) is 9.17. The van der Waals surface area contributed by atoms with Gasteiger partial charge in [0.1, 0.15) is 0 Å². The van der Waals surface area contributed by atoms with Crippen molar-refractivity contribution in [1.29, 1.82) is 0 Å². The normalized spacial score (nSPS) is 13.1. The van der Waals surface area contributed by atoms with Crippen molar-refractivity contribution in [3.63, 3.8) is 0 Å². The molecular weight excluding hydrogens is 212 g/mol. The van der Waals surface area contributed by atoms with Gasteiger partial charge in [-0.15, -0.1) is 0 Å². The molecule has 0 fully saturated rings. The van der Waals surface area contributed by atoms with E-state index in [0.29, 0.717) is 12.5 Å². The Morgan fingerprint density at radius 3 is 2.00 bits per heavy atom. The largest absolute Gasteiger partial charge is 0.353 e. The molecule has 1 unspecified atom stereocenters. The minimum absolute atomic E-state index is 0.184. The second kappa shape index (κ2) is 9.46. The van der Waals surface area contributed by atoms with E-state index in [4.69, 9.17) is 5.73 Å². The average molecular weight is 242 g/mol. The van der Waals surface area contributed by atoms with E-state index < -0.39 is 0 Å². The Morgan fingerprint density at radius 2 is 1.65 bits per heavy atom. The Morgan fingerprint density at radius 1 is 1.12 bits per heavy atom.